The van der Waals surface area contributed by atoms with Gasteiger partial charge < -0.3 is 15.1 Å². The first-order valence-electron chi connectivity index (χ1n) is 8.45. The number of hydrogen-bond acceptors (Lipinski definition) is 3. The molecule has 0 radical (unpaired) electrons. The van der Waals surface area contributed by atoms with Crippen LogP contribution in [-0.4, -0.2) is 72.5 Å². The van der Waals surface area contributed by atoms with Crippen LogP contribution in [0.5, 0.6) is 0 Å². The smallest absolute Gasteiger partial charge is 0.322 e. The molecule has 1 aliphatic rings. The fourth-order valence-electron chi connectivity index (χ4n) is 2.76. The van der Waals surface area contributed by atoms with E-state index in [9.17, 15) is 18.4 Å². The van der Waals surface area contributed by atoms with Crippen molar-refractivity contribution in [1.29, 1.82) is 0 Å². The predicted molar refractivity (Wildman–Crippen MR) is 91.3 cm³/mol. The van der Waals surface area contributed by atoms with Crippen molar-refractivity contribution < 1.29 is 18.4 Å². The van der Waals surface area contributed by atoms with Crippen molar-refractivity contribution in [3.8, 4) is 0 Å². The standard InChI is InChI=1S/C17H24F2N4O2/c1-3-22(4-2)16(24)12-21-7-9-23(10-8-21)17(25)20-15-11-13(18)5-6-14(15)19/h5-6,11H,3-4,7-10,12H2,1-2H3,(H,20,25). The molecule has 1 aromatic rings. The molecule has 1 heterocycles. The van der Waals surface area contributed by atoms with Crippen molar-refractivity contribution >= 4 is 17.6 Å². The molecule has 25 heavy (non-hydrogen) atoms. The lowest BCUT2D eigenvalue weighted by Gasteiger charge is -2.35. The molecule has 2 rings (SSSR count). The van der Waals surface area contributed by atoms with Crippen LogP contribution in [0, 0.1) is 11.6 Å². The van der Waals surface area contributed by atoms with Crippen molar-refractivity contribution in [3.05, 3.63) is 29.8 Å². The zero-order valence-corrected chi connectivity index (χ0v) is 14.6. The first-order valence-corrected chi connectivity index (χ1v) is 8.45. The molecule has 0 atom stereocenters. The number of likely N-dealkylation sites (N-methyl/N-ethyl adjacent to an activating group) is 1. The summed E-state index contributed by atoms with van der Waals surface area (Å²) in [5, 5.41) is 2.39. The summed E-state index contributed by atoms with van der Waals surface area (Å²) in [6, 6.07) is 2.45. The van der Waals surface area contributed by atoms with E-state index in [0.717, 1.165) is 18.2 Å². The summed E-state index contributed by atoms with van der Waals surface area (Å²) in [7, 11) is 0. The fourth-order valence-corrected chi connectivity index (χ4v) is 2.76. The monoisotopic (exact) mass is 354 g/mol. The van der Waals surface area contributed by atoms with Gasteiger partial charge in [0.1, 0.15) is 11.6 Å². The quantitative estimate of drug-likeness (QED) is 0.880. The number of piperazine rings is 1. The van der Waals surface area contributed by atoms with Gasteiger partial charge in [0.2, 0.25) is 5.91 Å². The summed E-state index contributed by atoms with van der Waals surface area (Å²) in [4.78, 5) is 29.6. The number of nitrogens with one attached hydrogen (secondary N) is 1. The number of benzene rings is 1. The summed E-state index contributed by atoms with van der Waals surface area (Å²) in [5.74, 6) is -1.22. The fraction of sp³-hybridized carbons (Fsp3) is 0.529. The first kappa shape index (κ1) is 19.1. The molecule has 1 saturated heterocycles. The lowest BCUT2D eigenvalue weighted by Crippen LogP contribution is -2.52. The van der Waals surface area contributed by atoms with Gasteiger partial charge in [-0.2, -0.15) is 0 Å². The Bertz CT molecular complexity index is 615. The number of rotatable bonds is 5. The van der Waals surface area contributed by atoms with Crippen LogP contribution in [0.15, 0.2) is 18.2 Å². The minimum Gasteiger partial charge on any atom is -0.342 e. The molecule has 0 spiro atoms. The van der Waals surface area contributed by atoms with Gasteiger partial charge in [-0.3, -0.25) is 9.69 Å². The van der Waals surface area contributed by atoms with Crippen molar-refractivity contribution in [2.45, 2.75) is 13.8 Å². The Morgan fingerprint density at radius 2 is 1.76 bits per heavy atom. The highest BCUT2D eigenvalue weighted by molar-refractivity contribution is 5.89. The molecule has 1 N–H and O–H groups in total. The van der Waals surface area contributed by atoms with Crippen LogP contribution >= 0.6 is 0 Å². The van der Waals surface area contributed by atoms with E-state index in [1.165, 1.54) is 4.90 Å². The second-order valence-corrected chi connectivity index (χ2v) is 5.88. The molecule has 0 aromatic heterocycles. The van der Waals surface area contributed by atoms with E-state index in [1.807, 2.05) is 18.7 Å². The number of anilines is 1. The van der Waals surface area contributed by atoms with E-state index >= 15 is 0 Å². The van der Waals surface area contributed by atoms with Gasteiger partial charge in [0, 0.05) is 45.3 Å². The topological polar surface area (TPSA) is 55.9 Å². The second kappa shape index (κ2) is 8.75. The maximum absolute atomic E-state index is 13.6. The molecule has 6 nitrogen and oxygen atoms in total. The van der Waals surface area contributed by atoms with Gasteiger partial charge in [0.15, 0.2) is 0 Å². The Kier molecular flexibility index (Phi) is 6.69. The minimum absolute atomic E-state index is 0.0738. The Morgan fingerprint density at radius 1 is 1.12 bits per heavy atom. The average Bonchev–Trinajstić information content (AvgIpc) is 2.60. The van der Waals surface area contributed by atoms with Crippen molar-refractivity contribution in [1.82, 2.24) is 14.7 Å². The number of amides is 3. The molecule has 8 heteroatoms. The van der Waals surface area contributed by atoms with Gasteiger partial charge in [-0.15, -0.1) is 0 Å². The number of carbonyl (C=O) groups excluding carboxylic acids is 2. The van der Waals surface area contributed by atoms with E-state index in [-0.39, 0.29) is 11.6 Å². The van der Waals surface area contributed by atoms with Crippen LogP contribution < -0.4 is 5.32 Å². The van der Waals surface area contributed by atoms with Crippen LogP contribution in [0.4, 0.5) is 19.3 Å². The molecule has 3 amide bonds. The molecule has 1 aromatic carbocycles. The number of halogens is 2. The number of urea groups is 1. The van der Waals surface area contributed by atoms with Crippen molar-refractivity contribution in [3.63, 3.8) is 0 Å². The lowest BCUT2D eigenvalue weighted by molar-refractivity contribution is -0.132. The Morgan fingerprint density at radius 3 is 2.36 bits per heavy atom. The van der Waals surface area contributed by atoms with E-state index in [1.54, 1.807) is 4.90 Å². The number of nitrogens with zero attached hydrogens (tertiary/aromatic N) is 3. The van der Waals surface area contributed by atoms with Gasteiger partial charge in [-0.1, -0.05) is 0 Å². The SMILES string of the molecule is CCN(CC)C(=O)CN1CCN(C(=O)Nc2cc(F)ccc2F)CC1. The van der Waals surface area contributed by atoms with Crippen LogP contribution in [-0.2, 0) is 4.79 Å². The molecule has 138 valence electrons. The van der Waals surface area contributed by atoms with Crippen LogP contribution in [0.2, 0.25) is 0 Å². The Hall–Kier alpha value is -2.22. The van der Waals surface area contributed by atoms with Crippen LogP contribution in [0.3, 0.4) is 0 Å². The van der Waals surface area contributed by atoms with Gasteiger partial charge in [0.25, 0.3) is 0 Å². The van der Waals surface area contributed by atoms with Gasteiger partial charge in [-0.25, -0.2) is 13.6 Å². The third-order valence-corrected chi connectivity index (χ3v) is 4.30. The number of carbonyl (C=O) groups is 2. The highest BCUT2D eigenvalue weighted by Gasteiger charge is 2.24. The van der Waals surface area contributed by atoms with Crippen LogP contribution in [0.25, 0.3) is 0 Å². The summed E-state index contributed by atoms with van der Waals surface area (Å²) < 4.78 is 26.8. The highest BCUT2D eigenvalue weighted by atomic mass is 19.1. The summed E-state index contributed by atoms with van der Waals surface area (Å²) in [5.41, 5.74) is -0.177. The summed E-state index contributed by atoms with van der Waals surface area (Å²) in [6.07, 6.45) is 0. The van der Waals surface area contributed by atoms with E-state index in [2.05, 4.69) is 5.32 Å². The maximum Gasteiger partial charge on any atom is 0.322 e. The Balaban J connectivity index is 1.84. The summed E-state index contributed by atoms with van der Waals surface area (Å²) >= 11 is 0. The highest BCUT2D eigenvalue weighted by Crippen LogP contribution is 2.16. The third-order valence-electron chi connectivity index (χ3n) is 4.30. The average molecular weight is 354 g/mol. The van der Waals surface area contributed by atoms with Crippen LogP contribution in [0.1, 0.15) is 13.8 Å². The molecular weight excluding hydrogens is 330 g/mol. The van der Waals surface area contributed by atoms with E-state index < -0.39 is 17.7 Å². The molecule has 1 fully saturated rings. The summed E-state index contributed by atoms with van der Waals surface area (Å²) in [6.45, 7) is 7.54. The van der Waals surface area contributed by atoms with Gasteiger partial charge in [0.05, 0.1) is 12.2 Å². The zero-order chi connectivity index (χ0) is 18.4. The van der Waals surface area contributed by atoms with E-state index in [0.29, 0.717) is 45.8 Å². The van der Waals surface area contributed by atoms with Crippen molar-refractivity contribution in [2.75, 3.05) is 51.1 Å². The molecule has 1 aliphatic heterocycles. The number of hydrogen-bond donors (Lipinski definition) is 1. The molecule has 0 unspecified atom stereocenters. The second-order valence-electron chi connectivity index (χ2n) is 5.88. The normalized spacial score (nSPS) is 15.1. The third kappa shape index (κ3) is 5.12. The van der Waals surface area contributed by atoms with E-state index in [4.69, 9.17) is 0 Å². The maximum atomic E-state index is 13.6. The molecule has 0 saturated carbocycles. The molecule has 0 bridgehead atoms. The minimum atomic E-state index is -0.682. The lowest BCUT2D eigenvalue weighted by atomic mass is 10.3. The molecular formula is C17H24F2N4O2. The van der Waals surface area contributed by atoms with Gasteiger partial charge >= 0.3 is 6.03 Å². The Labute approximate surface area is 146 Å². The first-order chi connectivity index (χ1) is 11.9. The predicted octanol–water partition coefficient (Wildman–Crippen LogP) is 1.98. The largest absolute Gasteiger partial charge is 0.342 e. The van der Waals surface area contributed by atoms with Crippen molar-refractivity contribution in [2.24, 2.45) is 0 Å². The molecule has 0 aliphatic carbocycles. The van der Waals surface area contributed by atoms with Gasteiger partial charge in [-0.05, 0) is 26.0 Å². The zero-order valence-electron chi connectivity index (χ0n) is 14.6.